The Hall–Kier alpha value is -2.28. The van der Waals surface area contributed by atoms with E-state index in [2.05, 4.69) is 4.99 Å². The Balaban J connectivity index is 0.00000288. The highest BCUT2D eigenvalue weighted by molar-refractivity contribution is 6.01. The van der Waals surface area contributed by atoms with E-state index in [0.717, 1.165) is 0 Å². The molecule has 0 aliphatic carbocycles. The fourth-order valence-corrected chi connectivity index (χ4v) is 2.55. The summed E-state index contributed by atoms with van der Waals surface area (Å²) < 4.78 is 5.84. The number of carbonyl (C=O) groups is 2. The lowest BCUT2D eigenvalue weighted by atomic mass is 10.0. The summed E-state index contributed by atoms with van der Waals surface area (Å²) in [4.78, 5) is 28.7. The molecule has 0 saturated carbocycles. The SMILES string of the molecule is CC(C)C1Oc2cc(C(=O)[NH+]=C(N)N)ccc2N(C(C)C)C1=O.[Cl-]. The molecule has 8 heteroatoms. The molecule has 0 aromatic heterocycles. The first-order valence-corrected chi connectivity index (χ1v) is 7.55. The van der Waals surface area contributed by atoms with Gasteiger partial charge in [-0.2, -0.15) is 0 Å². The molecule has 1 aromatic rings. The van der Waals surface area contributed by atoms with Gasteiger partial charge in [-0.1, -0.05) is 13.8 Å². The third kappa shape index (κ3) is 3.79. The van der Waals surface area contributed by atoms with Crippen LogP contribution in [0.25, 0.3) is 0 Å². The van der Waals surface area contributed by atoms with Gasteiger partial charge in [-0.05, 0) is 38.0 Å². The molecule has 24 heavy (non-hydrogen) atoms. The van der Waals surface area contributed by atoms with Crippen molar-refractivity contribution >= 4 is 23.5 Å². The molecule has 1 unspecified atom stereocenters. The Bertz CT molecular complexity index is 669. The van der Waals surface area contributed by atoms with E-state index in [9.17, 15) is 9.59 Å². The lowest BCUT2D eigenvalue weighted by molar-refractivity contribution is -0.347. The lowest BCUT2D eigenvalue weighted by Gasteiger charge is -2.38. The Morgan fingerprint density at radius 2 is 1.88 bits per heavy atom. The number of ether oxygens (including phenoxy) is 1. The topological polar surface area (TPSA) is 113 Å². The molecule has 5 N–H and O–H groups in total. The number of benzene rings is 1. The van der Waals surface area contributed by atoms with Crippen LogP contribution in [0.1, 0.15) is 38.1 Å². The second kappa shape index (κ2) is 7.53. The Kier molecular flexibility index (Phi) is 6.20. The average molecular weight is 355 g/mol. The van der Waals surface area contributed by atoms with E-state index in [4.69, 9.17) is 16.2 Å². The van der Waals surface area contributed by atoms with Crippen LogP contribution < -0.4 is 38.5 Å². The van der Waals surface area contributed by atoms with Crippen molar-refractivity contribution in [3.8, 4) is 5.75 Å². The number of rotatable bonds is 3. The minimum absolute atomic E-state index is 0. The predicted molar refractivity (Wildman–Crippen MR) is 87.0 cm³/mol. The first-order valence-electron chi connectivity index (χ1n) is 7.55. The molecule has 1 heterocycles. The van der Waals surface area contributed by atoms with Crippen molar-refractivity contribution in [2.45, 2.75) is 39.8 Å². The van der Waals surface area contributed by atoms with Crippen molar-refractivity contribution in [3.05, 3.63) is 23.8 Å². The number of anilines is 1. The number of amides is 2. The van der Waals surface area contributed by atoms with Gasteiger partial charge in [-0.25, -0.2) is 4.99 Å². The van der Waals surface area contributed by atoms with Gasteiger partial charge in [0.05, 0.1) is 11.3 Å². The number of halogens is 1. The van der Waals surface area contributed by atoms with Crippen molar-refractivity contribution in [3.63, 3.8) is 0 Å². The molecule has 1 atom stereocenters. The highest BCUT2D eigenvalue weighted by atomic mass is 35.5. The summed E-state index contributed by atoms with van der Waals surface area (Å²) in [6, 6.07) is 4.90. The summed E-state index contributed by atoms with van der Waals surface area (Å²) >= 11 is 0. The first kappa shape index (κ1) is 19.8. The summed E-state index contributed by atoms with van der Waals surface area (Å²) in [5.74, 6) is -0.153. The normalized spacial score (nSPS) is 16.3. The number of nitrogens with one attached hydrogen (secondary N) is 1. The van der Waals surface area contributed by atoms with Crippen LogP contribution in [-0.4, -0.2) is 29.9 Å². The maximum Gasteiger partial charge on any atom is 0.346 e. The standard InChI is InChI=1S/C16H22N4O3.ClH/c1-8(2)13-15(22)20(9(3)4)11-6-5-10(7-12(11)23-13)14(21)19-16(17)18;/h5-9,13H,1-4H3,(H4,17,18,19,21);1H. The van der Waals surface area contributed by atoms with Gasteiger partial charge in [0.25, 0.3) is 5.91 Å². The van der Waals surface area contributed by atoms with Crippen LogP contribution in [0.15, 0.2) is 18.2 Å². The number of hydrogen-bond acceptors (Lipinski definition) is 3. The number of nitrogens with two attached hydrogens (primary N) is 2. The molecule has 0 saturated heterocycles. The maximum absolute atomic E-state index is 12.6. The van der Waals surface area contributed by atoms with Crippen molar-refractivity contribution < 1.29 is 31.7 Å². The lowest BCUT2D eigenvalue weighted by Crippen LogP contribution is -3.00. The molecule has 132 valence electrons. The fourth-order valence-electron chi connectivity index (χ4n) is 2.55. The first-order chi connectivity index (χ1) is 10.7. The van der Waals surface area contributed by atoms with Gasteiger partial charge in [0.1, 0.15) is 5.75 Å². The molecule has 0 radical (unpaired) electrons. The van der Waals surface area contributed by atoms with Gasteiger partial charge >= 0.3 is 11.9 Å². The number of carbonyl (C=O) groups excluding carboxylic acids is 2. The minimum Gasteiger partial charge on any atom is -1.00 e. The van der Waals surface area contributed by atoms with Crippen LogP contribution in [0, 0.1) is 5.92 Å². The summed E-state index contributed by atoms with van der Waals surface area (Å²) in [7, 11) is 0. The molecule has 0 fully saturated rings. The second-order valence-electron chi connectivity index (χ2n) is 6.18. The van der Waals surface area contributed by atoms with E-state index in [-0.39, 0.29) is 36.2 Å². The second-order valence-corrected chi connectivity index (χ2v) is 6.18. The molecule has 0 bridgehead atoms. The third-order valence-electron chi connectivity index (χ3n) is 3.60. The van der Waals surface area contributed by atoms with Gasteiger partial charge in [0.2, 0.25) is 0 Å². The van der Waals surface area contributed by atoms with Crippen molar-refractivity contribution in [2.24, 2.45) is 17.4 Å². The summed E-state index contributed by atoms with van der Waals surface area (Å²) in [6.45, 7) is 7.73. The predicted octanol–water partition coefficient (Wildman–Crippen LogP) is -3.66. The summed E-state index contributed by atoms with van der Waals surface area (Å²) in [5, 5.41) is 0. The third-order valence-corrected chi connectivity index (χ3v) is 3.60. The van der Waals surface area contributed by atoms with Crippen LogP contribution in [0.4, 0.5) is 5.69 Å². The van der Waals surface area contributed by atoms with Gasteiger partial charge in [-0.3, -0.25) is 21.1 Å². The molecule has 1 aliphatic heterocycles. The Morgan fingerprint density at radius 1 is 1.25 bits per heavy atom. The van der Waals surface area contributed by atoms with E-state index < -0.39 is 12.0 Å². The average Bonchev–Trinajstić information content (AvgIpc) is 2.44. The van der Waals surface area contributed by atoms with E-state index >= 15 is 0 Å². The molecular weight excluding hydrogens is 332 g/mol. The van der Waals surface area contributed by atoms with Crippen LogP contribution in [-0.2, 0) is 4.79 Å². The largest absolute Gasteiger partial charge is 1.00 e. The molecule has 1 aliphatic rings. The molecule has 1 aromatic carbocycles. The van der Waals surface area contributed by atoms with Crippen LogP contribution in [0.2, 0.25) is 0 Å². The van der Waals surface area contributed by atoms with E-state index in [0.29, 0.717) is 17.0 Å². The molecule has 0 spiro atoms. The monoisotopic (exact) mass is 354 g/mol. The van der Waals surface area contributed by atoms with Crippen LogP contribution >= 0.6 is 0 Å². The van der Waals surface area contributed by atoms with E-state index in [1.165, 1.54) is 0 Å². The number of fused-ring (bicyclic) bond motifs is 1. The molecule has 2 rings (SSSR count). The summed E-state index contributed by atoms with van der Waals surface area (Å²) in [5.41, 5.74) is 11.6. The number of guanidine groups is 1. The fraction of sp³-hybridized carbons (Fsp3) is 0.438. The van der Waals surface area contributed by atoms with Gasteiger partial charge in [0, 0.05) is 6.04 Å². The van der Waals surface area contributed by atoms with Gasteiger partial charge in [0.15, 0.2) is 6.10 Å². The minimum atomic E-state index is -0.575. The van der Waals surface area contributed by atoms with Crippen molar-refractivity contribution in [1.82, 2.24) is 0 Å². The number of nitrogens with zero attached hydrogens (tertiary/aromatic N) is 1. The van der Waals surface area contributed by atoms with Crippen LogP contribution in [0.5, 0.6) is 5.75 Å². The Morgan fingerprint density at radius 3 is 2.38 bits per heavy atom. The van der Waals surface area contributed by atoms with E-state index in [1.807, 2.05) is 27.7 Å². The zero-order chi connectivity index (χ0) is 17.3. The maximum atomic E-state index is 12.6. The van der Waals surface area contributed by atoms with E-state index in [1.54, 1.807) is 23.1 Å². The van der Waals surface area contributed by atoms with Crippen molar-refractivity contribution in [2.75, 3.05) is 4.90 Å². The van der Waals surface area contributed by atoms with Gasteiger partial charge < -0.3 is 22.0 Å². The summed E-state index contributed by atoms with van der Waals surface area (Å²) in [6.07, 6.45) is -0.575. The smallest absolute Gasteiger partial charge is 0.346 e. The zero-order valence-electron chi connectivity index (χ0n) is 14.2. The highest BCUT2D eigenvalue weighted by Gasteiger charge is 2.37. The molecular formula is C16H23ClN4O3. The zero-order valence-corrected chi connectivity index (χ0v) is 14.9. The number of hydrogen-bond donors (Lipinski definition) is 3. The van der Waals surface area contributed by atoms with Crippen LogP contribution in [0.3, 0.4) is 0 Å². The quantitative estimate of drug-likeness (QED) is 0.382. The molecule has 7 nitrogen and oxygen atoms in total. The highest BCUT2D eigenvalue weighted by Crippen LogP contribution is 2.37. The molecule has 2 amide bonds. The Labute approximate surface area is 147 Å². The van der Waals surface area contributed by atoms with Crippen molar-refractivity contribution in [1.29, 1.82) is 0 Å². The van der Waals surface area contributed by atoms with Gasteiger partial charge in [-0.15, -0.1) is 0 Å².